The number of aliphatic hydroxyl groups is 1. The number of benzene rings is 1. The molecule has 1 aromatic carbocycles. The van der Waals surface area contributed by atoms with E-state index in [0.717, 1.165) is 5.56 Å². The zero-order valence-corrected chi connectivity index (χ0v) is 14.3. The molecule has 1 rings (SSSR count). The van der Waals surface area contributed by atoms with Crippen LogP contribution in [0.15, 0.2) is 30.3 Å². The number of amides is 1. The van der Waals surface area contributed by atoms with E-state index in [2.05, 4.69) is 10.7 Å². The van der Waals surface area contributed by atoms with Crippen molar-refractivity contribution in [1.29, 1.82) is 0 Å². The molecule has 0 aliphatic heterocycles. The molecule has 24 heavy (non-hydrogen) atoms. The quantitative estimate of drug-likeness (QED) is 0.256. The first-order chi connectivity index (χ1) is 11.3. The number of aliphatic carboxylic acids is 1. The first-order valence-electron chi connectivity index (χ1n) is 8.04. The molecule has 1 unspecified atom stereocenters. The van der Waals surface area contributed by atoms with Crippen LogP contribution in [0, 0.1) is 11.8 Å². The lowest BCUT2D eigenvalue weighted by molar-refractivity contribution is -0.155. The van der Waals surface area contributed by atoms with Crippen molar-refractivity contribution in [2.24, 2.45) is 17.7 Å². The van der Waals surface area contributed by atoms with E-state index < -0.39 is 29.6 Å². The zero-order valence-electron chi connectivity index (χ0n) is 14.3. The summed E-state index contributed by atoms with van der Waals surface area (Å²) in [4.78, 5) is 23.9. The monoisotopic (exact) mass is 337 g/mol. The van der Waals surface area contributed by atoms with Crippen molar-refractivity contribution in [3.05, 3.63) is 35.9 Å². The Morgan fingerprint density at radius 1 is 1.25 bits per heavy atom. The number of hydrogen-bond donors (Lipinski definition) is 5. The average Bonchev–Trinajstić information content (AvgIpc) is 2.58. The minimum atomic E-state index is -2.07. The molecule has 0 aliphatic carbocycles. The average molecular weight is 337 g/mol. The van der Waals surface area contributed by atoms with Crippen molar-refractivity contribution >= 4 is 11.9 Å². The lowest BCUT2D eigenvalue weighted by Crippen LogP contribution is -2.66. The minimum Gasteiger partial charge on any atom is -0.480 e. The van der Waals surface area contributed by atoms with E-state index in [1.165, 1.54) is 0 Å². The van der Waals surface area contributed by atoms with Crippen molar-refractivity contribution in [1.82, 2.24) is 10.7 Å². The second-order valence-electron chi connectivity index (χ2n) is 6.18. The van der Waals surface area contributed by atoms with Gasteiger partial charge in [-0.3, -0.25) is 10.6 Å². The molecule has 1 aromatic rings. The van der Waals surface area contributed by atoms with E-state index in [0.29, 0.717) is 12.8 Å². The summed E-state index contributed by atoms with van der Waals surface area (Å²) in [6, 6.07) is 8.26. The van der Waals surface area contributed by atoms with Crippen LogP contribution >= 0.6 is 0 Å². The second-order valence-corrected chi connectivity index (χ2v) is 6.18. The van der Waals surface area contributed by atoms with Gasteiger partial charge in [-0.15, -0.1) is 0 Å². The molecule has 0 radical (unpaired) electrons. The molecule has 0 aromatic heterocycles. The Hall–Kier alpha value is -1.96. The molecule has 0 spiro atoms. The standard InChI is InChI=1S/C17H27N3O4/c1-4-11(2)14(15(21)22)19-16(23)17(24,20-18)12(3)10-13-8-6-5-7-9-13/h5-9,11-12,14,20,24H,4,10,18H2,1-3H3,(H,19,23)(H,21,22)/t11-,12?,14-,17+/m0/s1. The molecule has 0 bridgehead atoms. The number of carbonyl (C=O) groups excluding carboxylic acids is 1. The van der Waals surface area contributed by atoms with E-state index >= 15 is 0 Å². The molecule has 6 N–H and O–H groups in total. The van der Waals surface area contributed by atoms with Crippen LogP contribution in [0.2, 0.25) is 0 Å². The van der Waals surface area contributed by atoms with E-state index in [1.54, 1.807) is 13.8 Å². The first kappa shape index (κ1) is 20.1. The Morgan fingerprint density at radius 2 is 1.83 bits per heavy atom. The van der Waals surface area contributed by atoms with Crippen molar-refractivity contribution in [3.8, 4) is 0 Å². The summed E-state index contributed by atoms with van der Waals surface area (Å²) in [7, 11) is 0. The highest BCUT2D eigenvalue weighted by atomic mass is 16.4. The fourth-order valence-electron chi connectivity index (χ4n) is 2.48. The molecule has 134 valence electrons. The van der Waals surface area contributed by atoms with Crippen molar-refractivity contribution < 1.29 is 19.8 Å². The molecule has 7 nitrogen and oxygen atoms in total. The number of hydrazine groups is 1. The van der Waals surface area contributed by atoms with Crippen LogP contribution in [0.25, 0.3) is 0 Å². The van der Waals surface area contributed by atoms with Gasteiger partial charge in [0, 0.05) is 5.92 Å². The van der Waals surface area contributed by atoms with Crippen molar-refractivity contribution in [2.75, 3.05) is 0 Å². The zero-order chi connectivity index (χ0) is 18.3. The van der Waals surface area contributed by atoms with Gasteiger partial charge in [0.15, 0.2) is 0 Å². The Bertz CT molecular complexity index is 552. The third-order valence-corrected chi connectivity index (χ3v) is 4.43. The molecule has 7 heteroatoms. The maximum atomic E-state index is 12.5. The summed E-state index contributed by atoms with van der Waals surface area (Å²) >= 11 is 0. The highest BCUT2D eigenvalue weighted by molar-refractivity contribution is 5.89. The van der Waals surface area contributed by atoms with Gasteiger partial charge in [-0.1, -0.05) is 57.5 Å². The van der Waals surface area contributed by atoms with Crippen LogP contribution in [-0.2, 0) is 16.0 Å². The minimum absolute atomic E-state index is 0.280. The maximum absolute atomic E-state index is 12.5. The van der Waals surface area contributed by atoms with Gasteiger partial charge in [-0.05, 0) is 17.9 Å². The fourth-order valence-corrected chi connectivity index (χ4v) is 2.48. The molecule has 4 atom stereocenters. The molecular formula is C17H27N3O4. The highest BCUT2D eigenvalue weighted by Gasteiger charge is 2.42. The van der Waals surface area contributed by atoms with Gasteiger partial charge >= 0.3 is 5.97 Å². The summed E-state index contributed by atoms with van der Waals surface area (Å²) in [5, 5.41) is 22.3. The van der Waals surface area contributed by atoms with E-state index in [1.807, 2.05) is 37.3 Å². The summed E-state index contributed by atoms with van der Waals surface area (Å²) < 4.78 is 0. The molecule has 0 saturated heterocycles. The van der Waals surface area contributed by atoms with Crippen molar-refractivity contribution in [3.63, 3.8) is 0 Å². The van der Waals surface area contributed by atoms with Gasteiger partial charge in [0.1, 0.15) is 6.04 Å². The number of carbonyl (C=O) groups is 2. The van der Waals surface area contributed by atoms with E-state index in [9.17, 15) is 19.8 Å². The lowest BCUT2D eigenvalue weighted by atomic mass is 9.89. The van der Waals surface area contributed by atoms with Crippen LogP contribution in [0.4, 0.5) is 0 Å². The van der Waals surface area contributed by atoms with Crippen LogP contribution in [-0.4, -0.2) is 33.9 Å². The molecular weight excluding hydrogens is 310 g/mol. The summed E-state index contributed by atoms with van der Waals surface area (Å²) in [6.07, 6.45) is 0.974. The second kappa shape index (κ2) is 8.77. The largest absolute Gasteiger partial charge is 0.480 e. The molecule has 1 amide bonds. The predicted octanol–water partition coefficient (Wildman–Crippen LogP) is 0.633. The van der Waals surface area contributed by atoms with Crippen molar-refractivity contribution in [2.45, 2.75) is 45.4 Å². The number of nitrogens with two attached hydrogens (primary N) is 1. The van der Waals surface area contributed by atoms with Gasteiger partial charge < -0.3 is 15.5 Å². The molecule has 0 saturated carbocycles. The summed E-state index contributed by atoms with van der Waals surface area (Å²) in [5.41, 5.74) is 1.01. The third kappa shape index (κ3) is 4.77. The number of nitrogens with one attached hydrogen (secondary N) is 2. The first-order valence-corrected chi connectivity index (χ1v) is 8.04. The summed E-state index contributed by atoms with van der Waals surface area (Å²) in [5.74, 6) is 2.57. The Kier molecular flexibility index (Phi) is 7.34. The van der Waals surface area contributed by atoms with Gasteiger partial charge in [0.05, 0.1) is 0 Å². The fraction of sp³-hybridized carbons (Fsp3) is 0.529. The maximum Gasteiger partial charge on any atom is 0.326 e. The number of rotatable bonds is 9. The molecule has 0 heterocycles. The Morgan fingerprint density at radius 3 is 2.29 bits per heavy atom. The Balaban J connectivity index is 2.91. The molecule has 0 aliphatic rings. The number of carboxylic acid groups (broad SMARTS) is 1. The number of carboxylic acids is 1. The topological polar surface area (TPSA) is 125 Å². The van der Waals surface area contributed by atoms with Crippen LogP contribution in [0.3, 0.4) is 0 Å². The smallest absolute Gasteiger partial charge is 0.326 e. The summed E-state index contributed by atoms with van der Waals surface area (Å²) in [6.45, 7) is 5.23. The number of hydrogen-bond acceptors (Lipinski definition) is 5. The van der Waals surface area contributed by atoms with E-state index in [4.69, 9.17) is 5.84 Å². The van der Waals surface area contributed by atoms with Gasteiger partial charge in [-0.25, -0.2) is 10.2 Å². The van der Waals surface area contributed by atoms with Gasteiger partial charge in [0.25, 0.3) is 5.91 Å². The van der Waals surface area contributed by atoms with Crippen LogP contribution in [0.5, 0.6) is 0 Å². The lowest BCUT2D eigenvalue weighted by Gasteiger charge is -2.33. The van der Waals surface area contributed by atoms with Gasteiger partial charge in [0.2, 0.25) is 5.72 Å². The highest BCUT2D eigenvalue weighted by Crippen LogP contribution is 2.20. The third-order valence-electron chi connectivity index (χ3n) is 4.43. The van der Waals surface area contributed by atoms with Gasteiger partial charge in [-0.2, -0.15) is 0 Å². The van der Waals surface area contributed by atoms with E-state index in [-0.39, 0.29) is 5.92 Å². The SMILES string of the molecule is CC[C@H](C)[C@H](NC(=O)[C@@](O)(NN)C(C)Cc1ccccc1)C(=O)O. The normalized spacial score (nSPS) is 17.4. The predicted molar refractivity (Wildman–Crippen MR) is 90.6 cm³/mol. The Labute approximate surface area is 142 Å². The van der Waals surface area contributed by atoms with Crippen LogP contribution < -0.4 is 16.6 Å². The molecule has 0 fully saturated rings. The van der Waals surface area contributed by atoms with Crippen LogP contribution in [0.1, 0.15) is 32.8 Å².